The van der Waals surface area contributed by atoms with E-state index in [1.165, 1.54) is 21.9 Å². The molecular formula is C16H11. The Morgan fingerprint density at radius 3 is 2.44 bits per heavy atom. The summed E-state index contributed by atoms with van der Waals surface area (Å²) in [7, 11) is 0. The molecule has 75 valence electrons. The van der Waals surface area contributed by atoms with E-state index in [4.69, 9.17) is 0 Å². The topological polar surface area (TPSA) is 0 Å². The molecule has 0 amide bonds. The van der Waals surface area contributed by atoms with Crippen LogP contribution in [0.15, 0.2) is 66.7 Å². The Hall–Kier alpha value is -2.08. The molecule has 0 saturated carbocycles. The highest BCUT2D eigenvalue weighted by Crippen LogP contribution is 2.27. The highest BCUT2D eigenvalue weighted by Gasteiger charge is 2.01. The Morgan fingerprint density at radius 2 is 1.56 bits per heavy atom. The molecule has 0 aliphatic rings. The summed E-state index contributed by atoms with van der Waals surface area (Å²) in [5, 5.41) is 2.43. The first-order chi connectivity index (χ1) is 7.95. The number of hydrogen-bond donors (Lipinski definition) is 0. The second-order valence-corrected chi connectivity index (χ2v) is 3.80. The first-order valence-corrected chi connectivity index (χ1v) is 5.40. The van der Waals surface area contributed by atoms with E-state index in [9.17, 15) is 0 Å². The zero-order valence-electron chi connectivity index (χ0n) is 8.85. The summed E-state index contributed by atoms with van der Waals surface area (Å²) >= 11 is 0. The van der Waals surface area contributed by atoms with E-state index in [0.29, 0.717) is 0 Å². The van der Waals surface area contributed by atoms with Gasteiger partial charge in [0, 0.05) is 0 Å². The molecular weight excluding hydrogens is 192 g/mol. The van der Waals surface area contributed by atoms with Crippen LogP contribution in [0.5, 0.6) is 0 Å². The number of hydrogen-bond acceptors (Lipinski definition) is 0. The van der Waals surface area contributed by atoms with Gasteiger partial charge in [-0.2, -0.15) is 0 Å². The van der Waals surface area contributed by atoms with Crippen molar-refractivity contribution in [1.82, 2.24) is 0 Å². The number of rotatable bonds is 1. The highest BCUT2D eigenvalue weighted by atomic mass is 14.0. The molecule has 0 aliphatic carbocycles. The van der Waals surface area contributed by atoms with Gasteiger partial charge in [0.25, 0.3) is 0 Å². The van der Waals surface area contributed by atoms with Crippen LogP contribution in [0.1, 0.15) is 0 Å². The van der Waals surface area contributed by atoms with Crippen LogP contribution in [0.2, 0.25) is 0 Å². The maximum Gasteiger partial charge on any atom is -0.00990 e. The molecule has 0 heterocycles. The smallest absolute Gasteiger partial charge is 0.00990 e. The lowest BCUT2D eigenvalue weighted by Gasteiger charge is -2.05. The van der Waals surface area contributed by atoms with Crippen molar-refractivity contribution in [3.05, 3.63) is 72.8 Å². The third kappa shape index (κ3) is 1.49. The van der Waals surface area contributed by atoms with Crippen LogP contribution in [0.3, 0.4) is 0 Å². The van der Waals surface area contributed by atoms with Crippen molar-refractivity contribution in [3.63, 3.8) is 0 Å². The fourth-order valence-electron chi connectivity index (χ4n) is 2.02. The van der Waals surface area contributed by atoms with E-state index in [1.807, 2.05) is 18.2 Å². The summed E-state index contributed by atoms with van der Waals surface area (Å²) in [4.78, 5) is 0. The minimum absolute atomic E-state index is 1.17. The van der Waals surface area contributed by atoms with E-state index >= 15 is 0 Å². The molecule has 0 spiro atoms. The Morgan fingerprint density at radius 1 is 0.688 bits per heavy atom. The molecule has 0 unspecified atom stereocenters. The third-order valence-electron chi connectivity index (χ3n) is 2.79. The van der Waals surface area contributed by atoms with Crippen molar-refractivity contribution in [2.45, 2.75) is 0 Å². The minimum atomic E-state index is 1.17. The predicted octanol–water partition coefficient (Wildman–Crippen LogP) is 4.31. The van der Waals surface area contributed by atoms with E-state index in [0.717, 1.165) is 0 Å². The third-order valence-corrected chi connectivity index (χ3v) is 2.79. The van der Waals surface area contributed by atoms with Gasteiger partial charge in [0.05, 0.1) is 0 Å². The maximum atomic E-state index is 3.26. The summed E-state index contributed by atoms with van der Waals surface area (Å²) < 4.78 is 0. The Kier molecular flexibility index (Phi) is 2.19. The van der Waals surface area contributed by atoms with Gasteiger partial charge >= 0.3 is 0 Å². The fraction of sp³-hybridized carbons (Fsp3) is 0. The van der Waals surface area contributed by atoms with Crippen LogP contribution in [0, 0.1) is 6.07 Å². The van der Waals surface area contributed by atoms with Gasteiger partial charge in [0.1, 0.15) is 0 Å². The molecule has 0 heteroatoms. The van der Waals surface area contributed by atoms with E-state index in [1.54, 1.807) is 0 Å². The summed E-state index contributed by atoms with van der Waals surface area (Å²) in [6.07, 6.45) is 0. The Balaban J connectivity index is 2.32. The van der Waals surface area contributed by atoms with E-state index in [-0.39, 0.29) is 0 Å². The summed E-state index contributed by atoms with van der Waals surface area (Å²) in [5.74, 6) is 0. The number of benzene rings is 3. The van der Waals surface area contributed by atoms with Gasteiger partial charge in [-0.15, -0.1) is 0 Å². The molecule has 1 radical (unpaired) electrons. The predicted molar refractivity (Wildman–Crippen MR) is 68.2 cm³/mol. The maximum absolute atomic E-state index is 3.26. The van der Waals surface area contributed by atoms with Gasteiger partial charge in [-0.1, -0.05) is 66.7 Å². The first-order valence-electron chi connectivity index (χ1n) is 5.40. The molecule has 0 bridgehead atoms. The molecule has 0 fully saturated rings. The fourth-order valence-corrected chi connectivity index (χ4v) is 2.02. The molecule has 3 aromatic carbocycles. The Labute approximate surface area is 95.2 Å². The monoisotopic (exact) mass is 203 g/mol. The minimum Gasteiger partial charge on any atom is -0.0622 e. The quantitative estimate of drug-likeness (QED) is 0.553. The van der Waals surface area contributed by atoms with Crippen LogP contribution in [0.25, 0.3) is 21.9 Å². The second-order valence-electron chi connectivity index (χ2n) is 3.80. The molecule has 0 aromatic heterocycles. The van der Waals surface area contributed by atoms with Crippen molar-refractivity contribution in [3.8, 4) is 11.1 Å². The molecule has 0 atom stereocenters. The second kappa shape index (κ2) is 3.82. The van der Waals surface area contributed by atoms with Gasteiger partial charge in [0.2, 0.25) is 0 Å². The number of fused-ring (bicyclic) bond motifs is 1. The normalized spacial score (nSPS) is 10.5. The van der Waals surface area contributed by atoms with Crippen LogP contribution in [-0.4, -0.2) is 0 Å². The average Bonchev–Trinajstić information content (AvgIpc) is 2.39. The summed E-state index contributed by atoms with van der Waals surface area (Å²) in [5.41, 5.74) is 2.53. The summed E-state index contributed by atoms with van der Waals surface area (Å²) in [6, 6.07) is 26.2. The molecule has 0 nitrogen and oxygen atoms in total. The highest BCUT2D eigenvalue weighted by molar-refractivity contribution is 5.96. The lowest BCUT2D eigenvalue weighted by molar-refractivity contribution is 1.65. The largest absolute Gasteiger partial charge is 0.0622 e. The summed E-state index contributed by atoms with van der Waals surface area (Å²) in [6.45, 7) is 0. The van der Waals surface area contributed by atoms with Crippen molar-refractivity contribution in [2.75, 3.05) is 0 Å². The van der Waals surface area contributed by atoms with Crippen LogP contribution >= 0.6 is 0 Å². The van der Waals surface area contributed by atoms with Crippen LogP contribution < -0.4 is 0 Å². The molecule has 3 aromatic rings. The van der Waals surface area contributed by atoms with Gasteiger partial charge in [-0.25, -0.2) is 0 Å². The van der Waals surface area contributed by atoms with Crippen molar-refractivity contribution >= 4 is 10.8 Å². The van der Waals surface area contributed by atoms with Gasteiger partial charge in [0.15, 0.2) is 0 Å². The van der Waals surface area contributed by atoms with Gasteiger partial charge in [-0.05, 0) is 28.0 Å². The zero-order valence-corrected chi connectivity index (χ0v) is 8.85. The van der Waals surface area contributed by atoms with E-state index in [2.05, 4.69) is 54.6 Å². The molecule has 0 aliphatic heterocycles. The molecule has 0 saturated heterocycles. The van der Waals surface area contributed by atoms with Crippen molar-refractivity contribution < 1.29 is 0 Å². The SMILES string of the molecule is [c]1cccc2c(-c3ccccc3)cccc12. The average molecular weight is 203 g/mol. The lowest BCUT2D eigenvalue weighted by Crippen LogP contribution is -1.80. The van der Waals surface area contributed by atoms with Crippen molar-refractivity contribution in [1.29, 1.82) is 0 Å². The molecule has 16 heavy (non-hydrogen) atoms. The Bertz CT molecular complexity index is 604. The first kappa shape index (κ1) is 9.17. The van der Waals surface area contributed by atoms with Gasteiger partial charge in [-0.3, -0.25) is 0 Å². The van der Waals surface area contributed by atoms with Gasteiger partial charge < -0.3 is 0 Å². The zero-order chi connectivity index (χ0) is 10.8. The van der Waals surface area contributed by atoms with Crippen LogP contribution in [-0.2, 0) is 0 Å². The van der Waals surface area contributed by atoms with Crippen molar-refractivity contribution in [2.24, 2.45) is 0 Å². The van der Waals surface area contributed by atoms with Crippen LogP contribution in [0.4, 0.5) is 0 Å². The molecule has 0 N–H and O–H groups in total. The van der Waals surface area contributed by atoms with E-state index < -0.39 is 0 Å². The molecule has 3 rings (SSSR count). The standard InChI is InChI=1S/C16H11/c1-2-7-13(8-3-1)16-12-6-10-14-9-4-5-11-15(14)16/h1-8,10-12H. The lowest BCUT2D eigenvalue weighted by atomic mass is 9.98.